The van der Waals surface area contributed by atoms with E-state index in [1.807, 2.05) is 30.0 Å². The minimum absolute atomic E-state index is 0.300. The van der Waals surface area contributed by atoms with Gasteiger partial charge in [-0.05, 0) is 31.2 Å². The molecule has 3 N–H and O–H groups in total. The van der Waals surface area contributed by atoms with E-state index in [4.69, 9.17) is 10.5 Å². The second kappa shape index (κ2) is 6.78. The maximum atomic E-state index is 5.80. The van der Waals surface area contributed by atoms with Crippen LogP contribution in [0.2, 0.25) is 0 Å². The third-order valence-corrected chi connectivity index (χ3v) is 5.16. The van der Waals surface area contributed by atoms with Gasteiger partial charge in [0.1, 0.15) is 5.75 Å². The van der Waals surface area contributed by atoms with Gasteiger partial charge in [-0.2, -0.15) is 11.8 Å². The number of methoxy groups -OCH3 is 1. The fourth-order valence-electron chi connectivity index (χ4n) is 1.95. The van der Waals surface area contributed by atoms with Crippen LogP contribution in [0.15, 0.2) is 18.2 Å². The molecule has 0 radical (unpaired) electrons. The first-order chi connectivity index (χ1) is 8.60. The van der Waals surface area contributed by atoms with Gasteiger partial charge in [-0.1, -0.05) is 13.8 Å². The number of thioether (sulfide) groups is 1. The number of nitrogens with two attached hydrogens (primary N) is 1. The van der Waals surface area contributed by atoms with Crippen molar-refractivity contribution in [1.29, 1.82) is 0 Å². The maximum Gasteiger partial charge on any atom is 0.143 e. The van der Waals surface area contributed by atoms with Crippen molar-refractivity contribution < 1.29 is 4.74 Å². The second-order valence-electron chi connectivity index (χ2n) is 4.40. The van der Waals surface area contributed by atoms with Crippen LogP contribution < -0.4 is 15.8 Å². The summed E-state index contributed by atoms with van der Waals surface area (Å²) in [6.45, 7) is 5.44. The van der Waals surface area contributed by atoms with E-state index in [1.165, 1.54) is 0 Å². The normalized spacial score (nSPS) is 11.3. The van der Waals surface area contributed by atoms with Gasteiger partial charge in [0.2, 0.25) is 0 Å². The Labute approximate surface area is 114 Å². The molecule has 0 unspecified atom stereocenters. The van der Waals surface area contributed by atoms with E-state index in [1.54, 1.807) is 7.11 Å². The van der Waals surface area contributed by atoms with Crippen molar-refractivity contribution in [1.82, 2.24) is 0 Å². The summed E-state index contributed by atoms with van der Waals surface area (Å²) in [5, 5.41) is 3.48. The van der Waals surface area contributed by atoms with Gasteiger partial charge < -0.3 is 15.8 Å². The molecule has 102 valence electrons. The van der Waals surface area contributed by atoms with Crippen LogP contribution in [0.25, 0.3) is 0 Å². The van der Waals surface area contributed by atoms with Crippen molar-refractivity contribution in [2.24, 2.45) is 0 Å². The lowest BCUT2D eigenvalue weighted by Crippen LogP contribution is -2.31. The minimum atomic E-state index is 0.300. The maximum absolute atomic E-state index is 5.80. The molecule has 0 spiro atoms. The lowest BCUT2D eigenvalue weighted by atomic mass is 10.0. The number of nitrogen functional groups attached to an aromatic ring is 1. The molecule has 3 nitrogen and oxygen atoms in total. The van der Waals surface area contributed by atoms with Crippen LogP contribution in [-0.4, -0.2) is 24.7 Å². The van der Waals surface area contributed by atoms with Crippen LogP contribution in [0.5, 0.6) is 5.75 Å². The summed E-state index contributed by atoms with van der Waals surface area (Å²) in [4.78, 5) is 0. The van der Waals surface area contributed by atoms with E-state index < -0.39 is 0 Å². The molecule has 1 aromatic carbocycles. The Balaban J connectivity index is 2.73. The number of anilines is 2. The highest BCUT2D eigenvalue weighted by molar-refractivity contribution is 8.00. The first-order valence-corrected chi connectivity index (χ1v) is 7.55. The van der Waals surface area contributed by atoms with Crippen LogP contribution in [0.4, 0.5) is 11.4 Å². The summed E-state index contributed by atoms with van der Waals surface area (Å²) in [7, 11) is 1.64. The zero-order valence-corrected chi connectivity index (χ0v) is 12.6. The lowest BCUT2D eigenvalue weighted by Gasteiger charge is -2.30. The number of hydrogen-bond acceptors (Lipinski definition) is 4. The molecule has 0 fully saturated rings. The molecule has 0 aromatic heterocycles. The average Bonchev–Trinajstić information content (AvgIpc) is 2.42. The predicted octanol–water partition coefficient (Wildman–Crippen LogP) is 3.61. The Morgan fingerprint density at radius 1 is 1.33 bits per heavy atom. The molecule has 0 saturated heterocycles. The van der Waals surface area contributed by atoms with Crippen LogP contribution in [0.1, 0.15) is 26.7 Å². The predicted molar refractivity (Wildman–Crippen MR) is 82.7 cm³/mol. The van der Waals surface area contributed by atoms with Gasteiger partial charge in [0.15, 0.2) is 0 Å². The first kappa shape index (κ1) is 15.0. The van der Waals surface area contributed by atoms with Crippen LogP contribution in [-0.2, 0) is 0 Å². The minimum Gasteiger partial charge on any atom is -0.495 e. The van der Waals surface area contributed by atoms with Crippen LogP contribution in [0, 0.1) is 0 Å². The topological polar surface area (TPSA) is 47.3 Å². The zero-order valence-electron chi connectivity index (χ0n) is 11.7. The molecule has 1 aromatic rings. The highest BCUT2D eigenvalue weighted by Crippen LogP contribution is 2.31. The third-order valence-electron chi connectivity index (χ3n) is 3.57. The van der Waals surface area contributed by atoms with Crippen LogP contribution in [0.3, 0.4) is 0 Å². The van der Waals surface area contributed by atoms with E-state index >= 15 is 0 Å². The molecular formula is C14H24N2OS. The molecule has 1 rings (SSSR count). The van der Waals surface area contributed by atoms with Crippen molar-refractivity contribution in [3.05, 3.63) is 18.2 Å². The molecule has 0 atom stereocenters. The molecule has 0 amide bonds. The summed E-state index contributed by atoms with van der Waals surface area (Å²) in [5.41, 5.74) is 7.53. The highest BCUT2D eigenvalue weighted by Gasteiger charge is 2.24. The highest BCUT2D eigenvalue weighted by atomic mass is 32.2. The number of ether oxygens (including phenoxy) is 1. The molecule has 0 aliphatic carbocycles. The van der Waals surface area contributed by atoms with Crippen molar-refractivity contribution in [3.63, 3.8) is 0 Å². The van der Waals surface area contributed by atoms with E-state index in [0.29, 0.717) is 10.4 Å². The Bertz CT molecular complexity index is 370. The van der Waals surface area contributed by atoms with E-state index in [-0.39, 0.29) is 0 Å². The van der Waals surface area contributed by atoms with E-state index in [2.05, 4.69) is 25.4 Å². The van der Waals surface area contributed by atoms with Gasteiger partial charge >= 0.3 is 0 Å². The Morgan fingerprint density at radius 3 is 2.50 bits per heavy atom. The lowest BCUT2D eigenvalue weighted by molar-refractivity contribution is 0.417. The average molecular weight is 268 g/mol. The number of rotatable bonds is 7. The summed E-state index contributed by atoms with van der Waals surface area (Å²) in [5.74, 6) is 0.725. The van der Waals surface area contributed by atoms with Crippen molar-refractivity contribution in [2.75, 3.05) is 31.0 Å². The second-order valence-corrected chi connectivity index (χ2v) is 5.68. The van der Waals surface area contributed by atoms with Crippen molar-refractivity contribution in [3.8, 4) is 5.75 Å². The van der Waals surface area contributed by atoms with Gasteiger partial charge in [0, 0.05) is 23.0 Å². The molecule has 0 bridgehead atoms. The molecular weight excluding hydrogens is 244 g/mol. The number of nitrogens with one attached hydrogen (secondary N) is 1. The summed E-state index contributed by atoms with van der Waals surface area (Å²) in [6, 6.07) is 5.82. The van der Waals surface area contributed by atoms with Crippen molar-refractivity contribution >= 4 is 23.1 Å². The van der Waals surface area contributed by atoms with E-state index in [9.17, 15) is 0 Å². The molecule has 0 aliphatic rings. The SMILES string of the molecule is CCC(CC)(CNc1ccc(N)c(OC)c1)SC. The Kier molecular flexibility index (Phi) is 5.66. The van der Waals surface area contributed by atoms with Gasteiger partial charge in [-0.15, -0.1) is 0 Å². The summed E-state index contributed by atoms with van der Waals surface area (Å²) >= 11 is 1.93. The van der Waals surface area contributed by atoms with Gasteiger partial charge in [-0.3, -0.25) is 0 Å². The quantitative estimate of drug-likeness (QED) is 0.742. The van der Waals surface area contributed by atoms with Crippen molar-refractivity contribution in [2.45, 2.75) is 31.4 Å². The molecule has 4 heteroatoms. The van der Waals surface area contributed by atoms with Gasteiger partial charge in [-0.25, -0.2) is 0 Å². The van der Waals surface area contributed by atoms with Crippen LogP contribution >= 0.6 is 11.8 Å². The molecule has 0 saturated carbocycles. The molecule has 18 heavy (non-hydrogen) atoms. The van der Waals surface area contributed by atoms with Gasteiger partial charge in [0.05, 0.1) is 12.8 Å². The smallest absolute Gasteiger partial charge is 0.143 e. The molecule has 0 heterocycles. The first-order valence-electron chi connectivity index (χ1n) is 6.33. The fourth-order valence-corrected chi connectivity index (χ4v) is 2.74. The summed E-state index contributed by atoms with van der Waals surface area (Å²) in [6.07, 6.45) is 4.49. The Hall–Kier alpha value is -1.03. The summed E-state index contributed by atoms with van der Waals surface area (Å²) < 4.78 is 5.53. The van der Waals surface area contributed by atoms with Gasteiger partial charge in [0.25, 0.3) is 0 Å². The van der Waals surface area contributed by atoms with E-state index in [0.717, 1.165) is 30.8 Å². The third kappa shape index (κ3) is 3.48. The number of hydrogen-bond donors (Lipinski definition) is 2. The number of benzene rings is 1. The zero-order chi connectivity index (χ0) is 13.6. The standard InChI is InChI=1S/C14H24N2OS/c1-5-14(6-2,18-4)10-16-11-7-8-12(15)13(9-11)17-3/h7-9,16H,5-6,10,15H2,1-4H3. The monoisotopic (exact) mass is 268 g/mol. The largest absolute Gasteiger partial charge is 0.495 e. The fraction of sp³-hybridized carbons (Fsp3) is 0.571. The Morgan fingerprint density at radius 2 is 2.00 bits per heavy atom. The molecule has 0 aliphatic heterocycles.